The summed E-state index contributed by atoms with van der Waals surface area (Å²) < 4.78 is 1.76. The van der Waals surface area contributed by atoms with Crippen molar-refractivity contribution in [3.8, 4) is 5.69 Å². The average molecular weight is 306 g/mol. The van der Waals surface area contributed by atoms with Gasteiger partial charge < -0.3 is 5.32 Å². The topological polar surface area (TPSA) is 59.8 Å². The highest BCUT2D eigenvalue weighted by atomic mass is 16.2. The minimum Gasteiger partial charge on any atom is -0.343 e. The lowest BCUT2D eigenvalue weighted by atomic mass is 10.2. The van der Waals surface area contributed by atoms with Crippen molar-refractivity contribution >= 4 is 5.91 Å². The molecule has 0 spiro atoms. The standard InChI is InChI=1S/C18H18N4O/c1-13-12-17(21-22(13)15-8-4-3-5-9-15)18(23)20-14(2)16-10-6-7-11-19-16/h3-12,14H,1-2H3,(H,20,23). The van der Waals surface area contributed by atoms with Crippen LogP contribution in [0.5, 0.6) is 0 Å². The monoisotopic (exact) mass is 306 g/mol. The van der Waals surface area contributed by atoms with E-state index in [-0.39, 0.29) is 11.9 Å². The maximum Gasteiger partial charge on any atom is 0.272 e. The molecule has 3 rings (SSSR count). The second-order valence-electron chi connectivity index (χ2n) is 5.37. The summed E-state index contributed by atoms with van der Waals surface area (Å²) in [7, 11) is 0. The third-order valence-corrected chi connectivity index (χ3v) is 3.60. The number of rotatable bonds is 4. The number of carbonyl (C=O) groups excluding carboxylic acids is 1. The number of carbonyl (C=O) groups is 1. The van der Waals surface area contributed by atoms with Crippen LogP contribution in [0.25, 0.3) is 5.69 Å². The fraction of sp³-hybridized carbons (Fsp3) is 0.167. The van der Waals surface area contributed by atoms with E-state index in [2.05, 4.69) is 15.4 Å². The molecule has 116 valence electrons. The van der Waals surface area contributed by atoms with Crippen LogP contribution in [0.1, 0.15) is 34.8 Å². The molecule has 0 aliphatic heterocycles. The molecule has 23 heavy (non-hydrogen) atoms. The molecule has 1 N–H and O–H groups in total. The van der Waals surface area contributed by atoms with Crippen LogP contribution in [-0.4, -0.2) is 20.7 Å². The van der Waals surface area contributed by atoms with Gasteiger partial charge in [-0.2, -0.15) is 5.10 Å². The van der Waals surface area contributed by atoms with Gasteiger partial charge in [0, 0.05) is 11.9 Å². The lowest BCUT2D eigenvalue weighted by Crippen LogP contribution is -2.27. The highest BCUT2D eigenvalue weighted by molar-refractivity contribution is 5.92. The number of nitrogens with one attached hydrogen (secondary N) is 1. The van der Waals surface area contributed by atoms with E-state index in [0.29, 0.717) is 5.69 Å². The number of benzene rings is 1. The van der Waals surface area contributed by atoms with Gasteiger partial charge in [-0.15, -0.1) is 0 Å². The fourth-order valence-corrected chi connectivity index (χ4v) is 2.39. The lowest BCUT2D eigenvalue weighted by molar-refractivity contribution is 0.0933. The van der Waals surface area contributed by atoms with E-state index in [9.17, 15) is 4.79 Å². The Bertz CT molecular complexity index is 796. The third-order valence-electron chi connectivity index (χ3n) is 3.60. The van der Waals surface area contributed by atoms with Crippen LogP contribution in [-0.2, 0) is 0 Å². The van der Waals surface area contributed by atoms with Gasteiger partial charge in [-0.25, -0.2) is 4.68 Å². The SMILES string of the molecule is Cc1cc(C(=O)NC(C)c2ccccn2)nn1-c1ccccc1. The number of aryl methyl sites for hydroxylation is 1. The second kappa shape index (κ2) is 6.44. The van der Waals surface area contributed by atoms with Crippen LogP contribution in [0.15, 0.2) is 60.8 Å². The Kier molecular flexibility index (Phi) is 4.19. The van der Waals surface area contributed by atoms with E-state index in [1.54, 1.807) is 16.9 Å². The molecule has 0 saturated heterocycles. The van der Waals surface area contributed by atoms with Crippen molar-refractivity contribution in [1.29, 1.82) is 0 Å². The molecule has 0 radical (unpaired) electrons. The Morgan fingerprint density at radius 3 is 2.57 bits per heavy atom. The molecule has 0 fully saturated rings. The summed E-state index contributed by atoms with van der Waals surface area (Å²) >= 11 is 0. The molecule has 0 aliphatic carbocycles. The molecule has 0 saturated carbocycles. The predicted octanol–water partition coefficient (Wildman–Crippen LogP) is 3.07. The van der Waals surface area contributed by atoms with Crippen molar-refractivity contribution < 1.29 is 4.79 Å². The molecular weight excluding hydrogens is 288 g/mol. The largest absolute Gasteiger partial charge is 0.343 e. The van der Waals surface area contributed by atoms with Crippen molar-refractivity contribution in [3.63, 3.8) is 0 Å². The highest BCUT2D eigenvalue weighted by Crippen LogP contribution is 2.13. The molecule has 2 aromatic heterocycles. The molecule has 1 amide bonds. The number of nitrogens with zero attached hydrogens (tertiary/aromatic N) is 3. The Morgan fingerprint density at radius 2 is 1.87 bits per heavy atom. The van der Waals surface area contributed by atoms with Crippen LogP contribution < -0.4 is 5.32 Å². The Morgan fingerprint density at radius 1 is 1.13 bits per heavy atom. The number of aromatic nitrogens is 3. The summed E-state index contributed by atoms with van der Waals surface area (Å²) in [6, 6.07) is 17.0. The summed E-state index contributed by atoms with van der Waals surface area (Å²) in [6.07, 6.45) is 1.71. The number of amides is 1. The van der Waals surface area contributed by atoms with Crippen molar-refractivity contribution in [3.05, 3.63) is 77.9 Å². The molecule has 1 aromatic carbocycles. The molecule has 1 atom stereocenters. The van der Waals surface area contributed by atoms with Gasteiger partial charge in [0.05, 0.1) is 17.4 Å². The van der Waals surface area contributed by atoms with E-state index in [4.69, 9.17) is 0 Å². The number of hydrogen-bond donors (Lipinski definition) is 1. The third kappa shape index (κ3) is 3.29. The van der Waals surface area contributed by atoms with Crippen LogP contribution in [0, 0.1) is 6.92 Å². The Labute approximate surface area is 135 Å². The lowest BCUT2D eigenvalue weighted by Gasteiger charge is -2.11. The first-order chi connectivity index (χ1) is 11.1. The van der Waals surface area contributed by atoms with Crippen molar-refractivity contribution in [2.75, 3.05) is 0 Å². The zero-order chi connectivity index (χ0) is 16.2. The maximum absolute atomic E-state index is 12.4. The van der Waals surface area contributed by atoms with E-state index in [0.717, 1.165) is 17.1 Å². The number of hydrogen-bond acceptors (Lipinski definition) is 3. The molecule has 5 nitrogen and oxygen atoms in total. The first-order valence-corrected chi connectivity index (χ1v) is 7.49. The average Bonchev–Trinajstić information content (AvgIpc) is 2.98. The fourth-order valence-electron chi connectivity index (χ4n) is 2.39. The Balaban J connectivity index is 1.79. The van der Waals surface area contributed by atoms with Crippen molar-refractivity contribution in [1.82, 2.24) is 20.1 Å². The summed E-state index contributed by atoms with van der Waals surface area (Å²) in [4.78, 5) is 16.7. The van der Waals surface area contributed by atoms with E-state index in [1.165, 1.54) is 0 Å². The maximum atomic E-state index is 12.4. The van der Waals surface area contributed by atoms with Gasteiger partial charge in [0.1, 0.15) is 0 Å². The van der Waals surface area contributed by atoms with Crippen LogP contribution >= 0.6 is 0 Å². The molecule has 0 bridgehead atoms. The van der Waals surface area contributed by atoms with Gasteiger partial charge in [-0.05, 0) is 44.2 Å². The van der Waals surface area contributed by atoms with Crippen LogP contribution in [0.4, 0.5) is 0 Å². The van der Waals surface area contributed by atoms with E-state index >= 15 is 0 Å². The van der Waals surface area contributed by atoms with Gasteiger partial charge in [0.15, 0.2) is 5.69 Å². The van der Waals surface area contributed by atoms with Gasteiger partial charge in [0.25, 0.3) is 5.91 Å². The highest BCUT2D eigenvalue weighted by Gasteiger charge is 2.16. The molecule has 5 heteroatoms. The number of pyridine rings is 1. The summed E-state index contributed by atoms with van der Waals surface area (Å²) in [5.41, 5.74) is 3.06. The van der Waals surface area contributed by atoms with Crippen molar-refractivity contribution in [2.45, 2.75) is 19.9 Å². The first-order valence-electron chi connectivity index (χ1n) is 7.49. The van der Waals surface area contributed by atoms with Crippen molar-refractivity contribution in [2.24, 2.45) is 0 Å². The van der Waals surface area contributed by atoms with E-state index in [1.807, 2.05) is 62.4 Å². The second-order valence-corrected chi connectivity index (χ2v) is 5.37. The molecule has 2 heterocycles. The molecule has 0 aliphatic rings. The van der Waals surface area contributed by atoms with Crippen LogP contribution in [0.3, 0.4) is 0 Å². The minimum atomic E-state index is -0.207. The zero-order valence-electron chi connectivity index (χ0n) is 13.1. The van der Waals surface area contributed by atoms with Gasteiger partial charge in [-0.3, -0.25) is 9.78 Å². The predicted molar refractivity (Wildman–Crippen MR) is 88.4 cm³/mol. The first kappa shape index (κ1) is 15.0. The van der Waals surface area contributed by atoms with E-state index < -0.39 is 0 Å². The summed E-state index contributed by atoms with van der Waals surface area (Å²) in [5.74, 6) is -0.207. The molecular formula is C18H18N4O. The minimum absolute atomic E-state index is 0.175. The summed E-state index contributed by atoms with van der Waals surface area (Å²) in [5, 5.41) is 7.34. The molecule has 1 unspecified atom stereocenters. The Hall–Kier alpha value is -2.95. The van der Waals surface area contributed by atoms with Gasteiger partial charge in [-0.1, -0.05) is 24.3 Å². The normalized spacial score (nSPS) is 11.9. The number of para-hydroxylation sites is 1. The molecule has 3 aromatic rings. The quantitative estimate of drug-likeness (QED) is 0.806. The van der Waals surface area contributed by atoms with Gasteiger partial charge >= 0.3 is 0 Å². The zero-order valence-corrected chi connectivity index (χ0v) is 13.1. The van der Waals surface area contributed by atoms with Gasteiger partial charge in [0.2, 0.25) is 0 Å². The summed E-state index contributed by atoms with van der Waals surface area (Å²) in [6.45, 7) is 3.83. The smallest absolute Gasteiger partial charge is 0.272 e. The van der Waals surface area contributed by atoms with Crippen LogP contribution in [0.2, 0.25) is 0 Å².